The Bertz CT molecular complexity index is 466. The third-order valence-electron chi connectivity index (χ3n) is 4.74. The minimum atomic E-state index is 0.266. The van der Waals surface area contributed by atoms with Crippen LogP contribution in [-0.4, -0.2) is 31.1 Å². The van der Waals surface area contributed by atoms with Crippen molar-refractivity contribution in [1.82, 2.24) is 10.2 Å². The van der Waals surface area contributed by atoms with Gasteiger partial charge in [0.2, 0.25) is 0 Å². The topological polar surface area (TPSA) is 15.3 Å². The molecule has 1 N–H and O–H groups in total. The lowest BCUT2D eigenvalue weighted by atomic mass is 9.85. The molecule has 0 heterocycles. The summed E-state index contributed by atoms with van der Waals surface area (Å²) in [6.07, 6.45) is 2.33. The van der Waals surface area contributed by atoms with Gasteiger partial charge in [-0.1, -0.05) is 45.4 Å². The van der Waals surface area contributed by atoms with E-state index >= 15 is 0 Å². The average Bonchev–Trinajstić information content (AvgIpc) is 2.69. The Morgan fingerprint density at radius 3 is 2.67 bits per heavy atom. The van der Waals surface area contributed by atoms with Crippen LogP contribution in [0.25, 0.3) is 0 Å². The van der Waals surface area contributed by atoms with E-state index < -0.39 is 0 Å². The first-order valence-electron chi connectivity index (χ1n) is 8.22. The summed E-state index contributed by atoms with van der Waals surface area (Å²) < 4.78 is 0. The summed E-state index contributed by atoms with van der Waals surface area (Å²) in [5, 5.41) is 4.62. The quantitative estimate of drug-likeness (QED) is 0.756. The Labute approximate surface area is 134 Å². The van der Waals surface area contributed by atoms with Crippen molar-refractivity contribution in [1.29, 1.82) is 0 Å². The average molecular weight is 309 g/mol. The molecule has 1 aromatic rings. The molecule has 118 valence electrons. The first-order chi connectivity index (χ1) is 9.97. The van der Waals surface area contributed by atoms with Gasteiger partial charge in [-0.05, 0) is 67.7 Å². The Balaban J connectivity index is 1.95. The maximum Gasteiger partial charge on any atom is 0.0409 e. The minimum Gasteiger partial charge on any atom is -0.309 e. The molecule has 0 fully saturated rings. The lowest BCUT2D eigenvalue weighted by molar-refractivity contribution is 0.255. The number of hydrogen-bond acceptors (Lipinski definition) is 2. The molecule has 0 aliphatic heterocycles. The van der Waals surface area contributed by atoms with E-state index in [1.165, 1.54) is 24.1 Å². The molecule has 2 rings (SSSR count). The van der Waals surface area contributed by atoms with Gasteiger partial charge in [-0.3, -0.25) is 0 Å². The first kappa shape index (κ1) is 16.8. The zero-order valence-corrected chi connectivity index (χ0v) is 14.6. The van der Waals surface area contributed by atoms with Crippen molar-refractivity contribution in [3.8, 4) is 0 Å². The number of nitrogens with one attached hydrogen (secondary N) is 1. The molecule has 0 saturated carbocycles. The molecule has 0 aromatic heterocycles. The summed E-state index contributed by atoms with van der Waals surface area (Å²) in [6, 6.07) is 6.77. The van der Waals surface area contributed by atoms with Gasteiger partial charge in [-0.25, -0.2) is 0 Å². The monoisotopic (exact) mass is 308 g/mol. The third-order valence-corrected chi connectivity index (χ3v) is 4.98. The van der Waals surface area contributed by atoms with E-state index in [2.05, 4.69) is 50.0 Å². The summed E-state index contributed by atoms with van der Waals surface area (Å²) >= 11 is 6.19. The lowest BCUT2D eigenvalue weighted by Gasteiger charge is -2.29. The molecule has 0 radical (unpaired) electrons. The molecule has 0 bridgehead atoms. The zero-order valence-electron chi connectivity index (χ0n) is 13.9. The maximum absolute atomic E-state index is 6.19. The van der Waals surface area contributed by atoms with Crippen LogP contribution in [0.1, 0.15) is 51.3 Å². The van der Waals surface area contributed by atoms with Crippen LogP contribution in [0.3, 0.4) is 0 Å². The van der Waals surface area contributed by atoms with E-state index in [-0.39, 0.29) is 5.41 Å². The second-order valence-corrected chi connectivity index (χ2v) is 7.21. The molecular formula is C18H29ClN2. The predicted molar refractivity (Wildman–Crippen MR) is 92.1 cm³/mol. The number of nitrogens with zero attached hydrogens (tertiary/aromatic N) is 1. The Hall–Kier alpha value is -0.570. The van der Waals surface area contributed by atoms with Crippen LogP contribution in [-0.2, 0) is 6.42 Å². The molecule has 2 nitrogen and oxygen atoms in total. The molecule has 1 aliphatic carbocycles. The van der Waals surface area contributed by atoms with Crippen LogP contribution in [0.2, 0.25) is 5.02 Å². The molecule has 1 aliphatic rings. The van der Waals surface area contributed by atoms with Crippen molar-refractivity contribution in [2.45, 2.75) is 46.6 Å². The summed E-state index contributed by atoms with van der Waals surface area (Å²) in [5.74, 6) is 0. The highest BCUT2D eigenvalue weighted by molar-refractivity contribution is 6.30. The minimum absolute atomic E-state index is 0.266. The summed E-state index contributed by atoms with van der Waals surface area (Å²) in [6.45, 7) is 13.7. The van der Waals surface area contributed by atoms with E-state index in [1.54, 1.807) is 0 Å². The Kier molecular flexibility index (Phi) is 5.70. The molecule has 0 saturated heterocycles. The Morgan fingerprint density at radius 1 is 1.29 bits per heavy atom. The molecule has 3 heteroatoms. The molecule has 1 unspecified atom stereocenters. The van der Waals surface area contributed by atoms with E-state index in [0.717, 1.165) is 31.1 Å². The van der Waals surface area contributed by atoms with Crippen molar-refractivity contribution in [2.24, 2.45) is 5.41 Å². The summed E-state index contributed by atoms with van der Waals surface area (Å²) in [7, 11) is 0. The van der Waals surface area contributed by atoms with E-state index in [0.29, 0.717) is 6.04 Å². The van der Waals surface area contributed by atoms with Crippen LogP contribution in [0.4, 0.5) is 0 Å². The highest BCUT2D eigenvalue weighted by atomic mass is 35.5. The van der Waals surface area contributed by atoms with Gasteiger partial charge in [0, 0.05) is 11.1 Å². The van der Waals surface area contributed by atoms with Gasteiger partial charge in [0.1, 0.15) is 0 Å². The van der Waals surface area contributed by atoms with Crippen LogP contribution < -0.4 is 5.32 Å². The van der Waals surface area contributed by atoms with Gasteiger partial charge in [0.25, 0.3) is 0 Å². The van der Waals surface area contributed by atoms with E-state index in [1.807, 2.05) is 6.07 Å². The SMILES string of the molecule is CCN(CC)CCCNC1c2cc(Cl)ccc2CC1(C)C. The van der Waals surface area contributed by atoms with E-state index in [9.17, 15) is 0 Å². The fourth-order valence-electron chi connectivity index (χ4n) is 3.48. The van der Waals surface area contributed by atoms with Crippen molar-refractivity contribution in [2.75, 3.05) is 26.2 Å². The summed E-state index contributed by atoms with van der Waals surface area (Å²) in [4.78, 5) is 2.48. The Morgan fingerprint density at radius 2 is 2.00 bits per heavy atom. The molecule has 1 atom stereocenters. The lowest BCUT2D eigenvalue weighted by Crippen LogP contribution is -2.33. The fourth-order valence-corrected chi connectivity index (χ4v) is 3.67. The zero-order chi connectivity index (χ0) is 15.5. The number of benzene rings is 1. The van der Waals surface area contributed by atoms with Crippen molar-refractivity contribution in [3.63, 3.8) is 0 Å². The third kappa shape index (κ3) is 4.00. The summed E-state index contributed by atoms with van der Waals surface area (Å²) in [5.41, 5.74) is 3.11. The van der Waals surface area contributed by atoms with Crippen LogP contribution in [0.15, 0.2) is 18.2 Å². The largest absolute Gasteiger partial charge is 0.309 e. The molecule has 0 amide bonds. The predicted octanol–water partition coefficient (Wildman–Crippen LogP) is 4.28. The normalized spacial score (nSPS) is 20.0. The van der Waals surface area contributed by atoms with Crippen LogP contribution in [0.5, 0.6) is 0 Å². The number of fused-ring (bicyclic) bond motifs is 1. The van der Waals surface area contributed by atoms with Crippen molar-refractivity contribution < 1.29 is 0 Å². The van der Waals surface area contributed by atoms with Gasteiger partial charge < -0.3 is 10.2 Å². The number of rotatable bonds is 7. The molecule has 0 spiro atoms. The van der Waals surface area contributed by atoms with Gasteiger partial charge in [-0.2, -0.15) is 0 Å². The highest BCUT2D eigenvalue weighted by Gasteiger charge is 2.38. The van der Waals surface area contributed by atoms with Crippen LogP contribution in [0, 0.1) is 5.41 Å². The molecule has 1 aromatic carbocycles. The smallest absolute Gasteiger partial charge is 0.0409 e. The van der Waals surface area contributed by atoms with Gasteiger partial charge in [-0.15, -0.1) is 0 Å². The highest BCUT2D eigenvalue weighted by Crippen LogP contribution is 2.45. The first-order valence-corrected chi connectivity index (χ1v) is 8.59. The molecular weight excluding hydrogens is 280 g/mol. The fraction of sp³-hybridized carbons (Fsp3) is 0.667. The van der Waals surface area contributed by atoms with Gasteiger partial charge >= 0.3 is 0 Å². The van der Waals surface area contributed by atoms with Crippen LogP contribution >= 0.6 is 11.6 Å². The van der Waals surface area contributed by atoms with Crippen molar-refractivity contribution >= 4 is 11.6 Å². The van der Waals surface area contributed by atoms with E-state index in [4.69, 9.17) is 11.6 Å². The second kappa shape index (κ2) is 7.13. The van der Waals surface area contributed by atoms with Crippen molar-refractivity contribution in [3.05, 3.63) is 34.3 Å². The van der Waals surface area contributed by atoms with Gasteiger partial charge in [0.15, 0.2) is 0 Å². The molecule has 21 heavy (non-hydrogen) atoms. The second-order valence-electron chi connectivity index (χ2n) is 6.78. The number of halogens is 1. The standard InChI is InChI=1S/C18H29ClN2/c1-5-21(6-2)11-7-10-20-17-16-12-15(19)9-8-14(16)13-18(17,3)4/h8-9,12,17,20H,5-7,10-11,13H2,1-4H3. The number of hydrogen-bond donors (Lipinski definition) is 1. The van der Waals surface area contributed by atoms with Gasteiger partial charge in [0.05, 0.1) is 0 Å². The maximum atomic E-state index is 6.19.